The van der Waals surface area contributed by atoms with Gasteiger partial charge >= 0.3 is 0 Å². The second kappa shape index (κ2) is 8.94. The van der Waals surface area contributed by atoms with Gasteiger partial charge in [-0.1, -0.05) is 0 Å². The van der Waals surface area contributed by atoms with E-state index in [4.69, 9.17) is 0 Å². The summed E-state index contributed by atoms with van der Waals surface area (Å²) in [5, 5.41) is 2.57. The smallest absolute Gasteiger partial charge is 0.216 e. The van der Waals surface area contributed by atoms with Gasteiger partial charge in [-0.3, -0.25) is 9.59 Å². The van der Waals surface area contributed by atoms with Gasteiger partial charge in [0.25, 0.3) is 0 Å². The van der Waals surface area contributed by atoms with Crippen LogP contribution in [0.25, 0.3) is 0 Å². The average Bonchev–Trinajstić information content (AvgIpc) is 1.89. The molecule has 4 heteroatoms. The van der Waals surface area contributed by atoms with Crippen LogP contribution >= 0.6 is 0 Å². The molecule has 0 aliphatic heterocycles. The molecule has 0 unspecified atom stereocenters. The molecule has 0 aromatic rings. The molecule has 0 saturated carbocycles. The third-order valence-corrected chi connectivity index (χ3v) is 0.637. The van der Waals surface area contributed by atoms with Crippen LogP contribution in [-0.4, -0.2) is 37.9 Å². The Bertz CT molecular complexity index is 113. The Morgan fingerprint density at radius 3 is 1.91 bits per heavy atom. The van der Waals surface area contributed by atoms with E-state index in [-0.39, 0.29) is 5.91 Å². The third kappa shape index (κ3) is 27.7. The highest BCUT2D eigenvalue weighted by Gasteiger charge is 1.79. The molecule has 0 atom stereocenters. The van der Waals surface area contributed by atoms with Gasteiger partial charge in [0.1, 0.15) is 0 Å². The number of carbonyl (C=O) groups excluding carboxylic acids is 2. The molecule has 1 N–H and O–H groups in total. The normalized spacial score (nSPS) is 7.27. The van der Waals surface area contributed by atoms with Gasteiger partial charge < -0.3 is 10.2 Å². The standard InChI is InChI=1S/C4H9NO.C3H7NO/c1-3-5-4(2)6;1-4(2)3-5/h3H2,1-2H3,(H,5,6);3H,1-2H3. The number of hydrogen-bond donors (Lipinski definition) is 1. The molecule has 0 saturated heterocycles. The lowest BCUT2D eigenvalue weighted by Crippen LogP contribution is -2.18. The monoisotopic (exact) mass is 160 g/mol. The van der Waals surface area contributed by atoms with E-state index in [1.165, 1.54) is 11.8 Å². The quantitative estimate of drug-likeness (QED) is 0.571. The molecule has 66 valence electrons. The summed E-state index contributed by atoms with van der Waals surface area (Å²) in [6.07, 6.45) is 0.750. The molecule has 0 aliphatic carbocycles. The molecule has 0 spiro atoms. The van der Waals surface area contributed by atoms with Crippen molar-refractivity contribution >= 4 is 12.3 Å². The highest BCUT2D eigenvalue weighted by atomic mass is 16.1. The Hall–Kier alpha value is -1.06. The van der Waals surface area contributed by atoms with E-state index in [0.717, 1.165) is 13.0 Å². The Labute approximate surface area is 67.6 Å². The van der Waals surface area contributed by atoms with Crippen LogP contribution in [0, 0.1) is 0 Å². The zero-order valence-electron chi connectivity index (χ0n) is 7.55. The minimum absolute atomic E-state index is 0.0394. The lowest BCUT2D eigenvalue weighted by Gasteiger charge is -1.93. The van der Waals surface area contributed by atoms with Gasteiger partial charge in [-0.15, -0.1) is 0 Å². The van der Waals surface area contributed by atoms with E-state index >= 15 is 0 Å². The molecular weight excluding hydrogens is 144 g/mol. The van der Waals surface area contributed by atoms with Crippen LogP contribution in [0.3, 0.4) is 0 Å². The van der Waals surface area contributed by atoms with Crippen LogP contribution < -0.4 is 5.32 Å². The van der Waals surface area contributed by atoms with Crippen LogP contribution in [0.15, 0.2) is 0 Å². The lowest BCUT2D eigenvalue weighted by atomic mass is 10.6. The van der Waals surface area contributed by atoms with E-state index < -0.39 is 0 Å². The van der Waals surface area contributed by atoms with Crippen LogP contribution in [-0.2, 0) is 9.59 Å². The van der Waals surface area contributed by atoms with Gasteiger partial charge in [0.2, 0.25) is 12.3 Å². The Morgan fingerprint density at radius 1 is 1.55 bits per heavy atom. The summed E-state index contributed by atoms with van der Waals surface area (Å²) in [6.45, 7) is 4.13. The number of carbonyl (C=O) groups is 2. The molecule has 0 fully saturated rings. The maximum atomic E-state index is 9.93. The van der Waals surface area contributed by atoms with Gasteiger partial charge in [-0.05, 0) is 6.92 Å². The van der Waals surface area contributed by atoms with E-state index in [1.807, 2.05) is 6.92 Å². The van der Waals surface area contributed by atoms with E-state index in [0.29, 0.717) is 0 Å². The van der Waals surface area contributed by atoms with Crippen LogP contribution in [0.2, 0.25) is 0 Å². The molecule has 0 rings (SSSR count). The molecule has 4 nitrogen and oxygen atoms in total. The highest BCUT2D eigenvalue weighted by molar-refractivity contribution is 5.72. The van der Waals surface area contributed by atoms with Crippen molar-refractivity contribution in [2.75, 3.05) is 20.6 Å². The molecule has 0 heterocycles. The number of nitrogens with zero attached hydrogens (tertiary/aromatic N) is 1. The predicted molar refractivity (Wildman–Crippen MR) is 44.1 cm³/mol. The minimum atomic E-state index is 0.0394. The van der Waals surface area contributed by atoms with Gasteiger partial charge in [0.05, 0.1) is 0 Å². The van der Waals surface area contributed by atoms with Crippen molar-refractivity contribution < 1.29 is 9.59 Å². The van der Waals surface area contributed by atoms with Gasteiger partial charge in [0, 0.05) is 27.6 Å². The molecule has 0 radical (unpaired) electrons. The van der Waals surface area contributed by atoms with Crippen LogP contribution in [0.5, 0.6) is 0 Å². The first-order valence-corrected chi connectivity index (χ1v) is 3.40. The van der Waals surface area contributed by atoms with E-state index in [2.05, 4.69) is 5.32 Å². The SMILES string of the molecule is CCNC(C)=O.CN(C)C=O. The van der Waals surface area contributed by atoms with Crippen molar-refractivity contribution in [1.29, 1.82) is 0 Å². The Kier molecular flexibility index (Phi) is 10.2. The van der Waals surface area contributed by atoms with Crippen molar-refractivity contribution in [1.82, 2.24) is 10.2 Å². The van der Waals surface area contributed by atoms with E-state index in [1.54, 1.807) is 14.1 Å². The minimum Gasteiger partial charge on any atom is -0.357 e. The Morgan fingerprint density at radius 2 is 1.91 bits per heavy atom. The van der Waals surface area contributed by atoms with Crippen molar-refractivity contribution in [2.45, 2.75) is 13.8 Å². The first-order valence-electron chi connectivity index (χ1n) is 3.40. The van der Waals surface area contributed by atoms with Gasteiger partial charge in [0.15, 0.2) is 0 Å². The number of rotatable bonds is 2. The summed E-state index contributed by atoms with van der Waals surface area (Å²) in [5.74, 6) is 0.0394. The molecule has 0 aromatic carbocycles. The zero-order valence-corrected chi connectivity index (χ0v) is 7.55. The summed E-state index contributed by atoms with van der Waals surface area (Å²) in [4.78, 5) is 20.8. The molecule has 0 bridgehead atoms. The summed E-state index contributed by atoms with van der Waals surface area (Å²) < 4.78 is 0. The molecule has 0 aromatic heterocycles. The molecular formula is C7H16N2O2. The van der Waals surface area contributed by atoms with Crippen LogP contribution in [0.1, 0.15) is 13.8 Å². The van der Waals surface area contributed by atoms with Crippen LogP contribution in [0.4, 0.5) is 0 Å². The maximum absolute atomic E-state index is 9.93. The fourth-order valence-electron chi connectivity index (χ4n) is 0.249. The van der Waals surface area contributed by atoms with E-state index in [9.17, 15) is 9.59 Å². The summed E-state index contributed by atoms with van der Waals surface area (Å²) in [5.41, 5.74) is 0. The van der Waals surface area contributed by atoms with Crippen molar-refractivity contribution in [2.24, 2.45) is 0 Å². The van der Waals surface area contributed by atoms with Crippen molar-refractivity contribution in [3.8, 4) is 0 Å². The maximum Gasteiger partial charge on any atom is 0.216 e. The van der Waals surface area contributed by atoms with Gasteiger partial charge in [-0.2, -0.15) is 0 Å². The first-order chi connectivity index (χ1) is 5.04. The fourth-order valence-corrected chi connectivity index (χ4v) is 0.249. The number of amides is 2. The second-order valence-corrected chi connectivity index (χ2v) is 2.16. The molecule has 11 heavy (non-hydrogen) atoms. The second-order valence-electron chi connectivity index (χ2n) is 2.16. The van der Waals surface area contributed by atoms with Crippen molar-refractivity contribution in [3.63, 3.8) is 0 Å². The predicted octanol–water partition coefficient (Wildman–Crippen LogP) is -0.153. The zero-order chi connectivity index (χ0) is 9.28. The van der Waals surface area contributed by atoms with Gasteiger partial charge in [-0.25, -0.2) is 0 Å². The average molecular weight is 160 g/mol. The molecule has 0 aliphatic rings. The summed E-state index contributed by atoms with van der Waals surface area (Å²) >= 11 is 0. The number of hydrogen-bond acceptors (Lipinski definition) is 2. The summed E-state index contributed by atoms with van der Waals surface area (Å²) in [7, 11) is 3.38. The first kappa shape index (κ1) is 12.6. The summed E-state index contributed by atoms with van der Waals surface area (Å²) in [6, 6.07) is 0. The molecule has 2 amide bonds. The Balaban J connectivity index is 0. The highest BCUT2D eigenvalue weighted by Crippen LogP contribution is 1.54. The lowest BCUT2D eigenvalue weighted by molar-refractivity contribution is -0.119. The fraction of sp³-hybridized carbons (Fsp3) is 0.714. The third-order valence-electron chi connectivity index (χ3n) is 0.637. The largest absolute Gasteiger partial charge is 0.357 e. The van der Waals surface area contributed by atoms with Crippen molar-refractivity contribution in [3.05, 3.63) is 0 Å². The topological polar surface area (TPSA) is 49.4 Å². The number of nitrogens with one attached hydrogen (secondary N) is 1.